The van der Waals surface area contributed by atoms with Crippen molar-refractivity contribution in [1.29, 1.82) is 0 Å². The van der Waals surface area contributed by atoms with Gasteiger partial charge in [-0.15, -0.1) is 0 Å². The summed E-state index contributed by atoms with van der Waals surface area (Å²) in [5.41, 5.74) is 0.817. The van der Waals surface area contributed by atoms with Crippen molar-refractivity contribution in [3.63, 3.8) is 0 Å². The van der Waals surface area contributed by atoms with Gasteiger partial charge in [-0.2, -0.15) is 0 Å². The van der Waals surface area contributed by atoms with E-state index in [1.807, 2.05) is 24.0 Å². The fraction of sp³-hybridized carbons (Fsp3) is 0.423. The second-order valence-electron chi connectivity index (χ2n) is 9.31. The number of anilines is 1. The Morgan fingerprint density at radius 3 is 2.83 bits per heavy atom. The molecule has 1 atom stereocenters. The summed E-state index contributed by atoms with van der Waals surface area (Å²) < 4.78 is 28.6. The molecule has 1 aromatic carbocycles. The number of hydrogen-bond donors (Lipinski definition) is 1. The Bertz CT molecular complexity index is 1330. The molecule has 35 heavy (non-hydrogen) atoms. The minimum absolute atomic E-state index is 0.0238. The third-order valence-electron chi connectivity index (χ3n) is 7.19. The van der Waals surface area contributed by atoms with Gasteiger partial charge in [0.15, 0.2) is 0 Å². The molecule has 5 rings (SSSR count). The number of nitrogens with zero attached hydrogens (tertiary/aromatic N) is 3. The maximum Gasteiger partial charge on any atom is 0.341 e. The Morgan fingerprint density at radius 2 is 2.11 bits per heavy atom. The summed E-state index contributed by atoms with van der Waals surface area (Å²) in [7, 11) is 1.64. The summed E-state index contributed by atoms with van der Waals surface area (Å²) in [5.74, 6) is -1.31. The van der Waals surface area contributed by atoms with Crippen LogP contribution in [0.2, 0.25) is 0 Å². The number of methoxy groups -OCH3 is 1. The Kier molecular flexibility index (Phi) is 6.19. The predicted octanol–water partition coefficient (Wildman–Crippen LogP) is 3.94. The number of carboxylic acid groups (broad SMARTS) is 1. The molecule has 0 radical (unpaired) electrons. The number of benzene rings is 1. The summed E-state index contributed by atoms with van der Waals surface area (Å²) in [6.07, 6.45) is 6.27. The van der Waals surface area contributed by atoms with E-state index >= 15 is 4.39 Å². The van der Waals surface area contributed by atoms with E-state index in [-0.39, 0.29) is 29.1 Å². The maximum atomic E-state index is 15.4. The van der Waals surface area contributed by atoms with Crippen LogP contribution in [0.1, 0.15) is 47.6 Å². The standard InChI is InChI=1S/C26H28FN3O5/c1-15-5-3-7-28-25(15)35-14-16-6-4-8-29(16)23-12-22-19(11-21(23)27)24(31)20(26(32)33)13-30(22)17-9-18(10-17)34-2/h3,5,7,11-13,16-18H,4,6,8-10,14H2,1-2H3,(H,32,33). The second kappa shape index (κ2) is 9.30. The Morgan fingerprint density at radius 1 is 1.31 bits per heavy atom. The number of aromatic nitrogens is 2. The normalized spacial score (nSPS) is 21.8. The zero-order valence-electron chi connectivity index (χ0n) is 19.7. The number of aryl methyl sites for hydroxylation is 1. The SMILES string of the molecule is COC1CC(n2cc(C(=O)O)c(=O)c3cc(F)c(N4CCCC4COc4ncccc4C)cc32)C1. The molecule has 3 aromatic rings. The number of rotatable bonds is 7. The van der Waals surface area contributed by atoms with Crippen LogP contribution in [0.4, 0.5) is 10.1 Å². The monoisotopic (exact) mass is 481 g/mol. The van der Waals surface area contributed by atoms with Gasteiger partial charge < -0.3 is 24.0 Å². The molecule has 0 amide bonds. The molecule has 1 aliphatic heterocycles. The lowest BCUT2D eigenvalue weighted by Gasteiger charge is -2.37. The van der Waals surface area contributed by atoms with Crippen LogP contribution in [0.5, 0.6) is 5.88 Å². The number of pyridine rings is 2. The first-order chi connectivity index (χ1) is 16.9. The molecular weight excluding hydrogens is 453 g/mol. The minimum atomic E-state index is -1.32. The van der Waals surface area contributed by atoms with E-state index in [0.717, 1.165) is 18.4 Å². The molecule has 2 aliphatic rings. The highest BCUT2D eigenvalue weighted by atomic mass is 19.1. The summed E-state index contributed by atoms with van der Waals surface area (Å²) in [5, 5.41) is 9.64. The highest BCUT2D eigenvalue weighted by Gasteiger charge is 2.33. The predicted molar refractivity (Wildman–Crippen MR) is 129 cm³/mol. The maximum absolute atomic E-state index is 15.4. The summed E-state index contributed by atoms with van der Waals surface area (Å²) in [6, 6.07) is 6.56. The van der Waals surface area contributed by atoms with E-state index in [2.05, 4.69) is 4.98 Å². The van der Waals surface area contributed by atoms with Crippen molar-refractivity contribution in [2.75, 3.05) is 25.2 Å². The molecule has 1 unspecified atom stereocenters. The zero-order chi connectivity index (χ0) is 24.7. The molecule has 2 aromatic heterocycles. The van der Waals surface area contributed by atoms with Crippen molar-refractivity contribution in [3.8, 4) is 5.88 Å². The van der Waals surface area contributed by atoms with Crippen LogP contribution in [0, 0.1) is 12.7 Å². The van der Waals surface area contributed by atoms with Crippen LogP contribution in [0.15, 0.2) is 41.5 Å². The zero-order valence-corrected chi connectivity index (χ0v) is 19.7. The smallest absolute Gasteiger partial charge is 0.341 e. The number of halogens is 1. The molecule has 0 spiro atoms. The number of hydrogen-bond acceptors (Lipinski definition) is 6. The van der Waals surface area contributed by atoms with Crippen LogP contribution in [-0.2, 0) is 4.74 Å². The first-order valence-electron chi connectivity index (χ1n) is 11.8. The van der Waals surface area contributed by atoms with Crippen molar-refractivity contribution in [2.45, 2.75) is 50.8 Å². The third kappa shape index (κ3) is 4.25. The molecule has 2 fully saturated rings. The van der Waals surface area contributed by atoms with Gasteiger partial charge >= 0.3 is 5.97 Å². The van der Waals surface area contributed by atoms with E-state index in [1.165, 1.54) is 12.3 Å². The van der Waals surface area contributed by atoms with Gasteiger partial charge in [0.2, 0.25) is 11.3 Å². The molecule has 184 valence electrons. The van der Waals surface area contributed by atoms with Gasteiger partial charge in [0, 0.05) is 43.0 Å². The van der Waals surface area contributed by atoms with Gasteiger partial charge in [-0.3, -0.25) is 4.79 Å². The lowest BCUT2D eigenvalue weighted by atomic mass is 9.88. The third-order valence-corrected chi connectivity index (χ3v) is 7.19. The molecule has 1 aliphatic carbocycles. The lowest BCUT2D eigenvalue weighted by molar-refractivity contribution is 0.00726. The molecule has 1 N–H and O–H groups in total. The minimum Gasteiger partial charge on any atom is -0.477 e. The van der Waals surface area contributed by atoms with Crippen LogP contribution in [-0.4, -0.2) is 53.0 Å². The summed E-state index contributed by atoms with van der Waals surface area (Å²) >= 11 is 0. The summed E-state index contributed by atoms with van der Waals surface area (Å²) in [4.78, 5) is 30.9. The van der Waals surface area contributed by atoms with Gasteiger partial charge in [0.1, 0.15) is 18.0 Å². The summed E-state index contributed by atoms with van der Waals surface area (Å²) in [6.45, 7) is 2.94. The first-order valence-corrected chi connectivity index (χ1v) is 11.8. The fourth-order valence-electron chi connectivity index (χ4n) is 5.11. The Labute approximate surface area is 201 Å². The Balaban J connectivity index is 1.52. The van der Waals surface area contributed by atoms with Gasteiger partial charge in [0.25, 0.3) is 0 Å². The van der Waals surface area contributed by atoms with Crippen molar-refractivity contribution < 1.29 is 23.8 Å². The topological polar surface area (TPSA) is 93.9 Å². The van der Waals surface area contributed by atoms with Gasteiger partial charge in [-0.25, -0.2) is 14.2 Å². The van der Waals surface area contributed by atoms with Crippen LogP contribution < -0.4 is 15.1 Å². The van der Waals surface area contributed by atoms with Crippen molar-refractivity contribution >= 4 is 22.6 Å². The average molecular weight is 482 g/mol. The van der Waals surface area contributed by atoms with E-state index in [1.54, 1.807) is 23.9 Å². The second-order valence-corrected chi connectivity index (χ2v) is 9.31. The average Bonchev–Trinajstić information content (AvgIpc) is 3.27. The van der Waals surface area contributed by atoms with Gasteiger partial charge in [-0.1, -0.05) is 6.07 Å². The van der Waals surface area contributed by atoms with Crippen molar-refractivity contribution in [1.82, 2.24) is 9.55 Å². The molecule has 8 nitrogen and oxygen atoms in total. The number of aromatic carboxylic acids is 1. The molecular formula is C26H28FN3O5. The largest absolute Gasteiger partial charge is 0.477 e. The van der Waals surface area contributed by atoms with E-state index in [4.69, 9.17) is 9.47 Å². The van der Waals surface area contributed by atoms with Gasteiger partial charge in [-0.05, 0) is 50.8 Å². The van der Waals surface area contributed by atoms with Crippen LogP contribution in [0.25, 0.3) is 10.9 Å². The quantitative estimate of drug-likeness (QED) is 0.546. The number of carboxylic acids is 1. The first kappa shape index (κ1) is 23.3. The lowest BCUT2D eigenvalue weighted by Crippen LogP contribution is -2.36. The molecule has 3 heterocycles. The van der Waals surface area contributed by atoms with Gasteiger partial charge in [0.05, 0.1) is 23.3 Å². The Hall–Kier alpha value is -3.46. The van der Waals surface area contributed by atoms with E-state index in [0.29, 0.717) is 43.1 Å². The van der Waals surface area contributed by atoms with Crippen molar-refractivity contribution in [2.24, 2.45) is 0 Å². The molecule has 1 saturated carbocycles. The fourth-order valence-corrected chi connectivity index (χ4v) is 5.11. The highest BCUT2D eigenvalue weighted by Crippen LogP contribution is 2.38. The number of fused-ring (bicyclic) bond motifs is 1. The molecule has 1 saturated heterocycles. The molecule has 9 heteroatoms. The highest BCUT2D eigenvalue weighted by molar-refractivity contribution is 5.93. The van der Waals surface area contributed by atoms with Crippen LogP contribution in [0.3, 0.4) is 0 Å². The van der Waals surface area contributed by atoms with Crippen molar-refractivity contribution in [3.05, 3.63) is 63.8 Å². The molecule has 0 bridgehead atoms. The van der Waals surface area contributed by atoms with E-state index in [9.17, 15) is 14.7 Å². The number of ether oxygens (including phenoxy) is 2. The number of carbonyl (C=O) groups is 1. The van der Waals surface area contributed by atoms with Crippen LogP contribution >= 0.6 is 0 Å². The van der Waals surface area contributed by atoms with E-state index < -0.39 is 17.2 Å².